The third-order valence-electron chi connectivity index (χ3n) is 4.73. The molecule has 5 nitrogen and oxygen atoms in total. The predicted octanol–water partition coefficient (Wildman–Crippen LogP) is 2.46. The Bertz CT molecular complexity index is 833. The van der Waals surface area contributed by atoms with Gasteiger partial charge in [-0.25, -0.2) is 4.68 Å². The minimum absolute atomic E-state index is 0.0105. The molecule has 0 bridgehead atoms. The highest BCUT2D eigenvalue weighted by Crippen LogP contribution is 2.24. The van der Waals surface area contributed by atoms with Crippen molar-refractivity contribution < 1.29 is 4.79 Å². The second kappa shape index (κ2) is 6.59. The minimum atomic E-state index is -0.243. The number of rotatable bonds is 3. The summed E-state index contributed by atoms with van der Waals surface area (Å²) < 4.78 is 1.28. The van der Waals surface area contributed by atoms with Crippen molar-refractivity contribution in [3.05, 3.63) is 51.3 Å². The first kappa shape index (κ1) is 16.4. The number of aromatic nitrogens is 2. The Morgan fingerprint density at radius 3 is 2.42 bits per heavy atom. The topological polar surface area (TPSA) is 55.2 Å². The molecule has 0 N–H and O–H groups in total. The van der Waals surface area contributed by atoms with E-state index in [2.05, 4.69) is 31.1 Å². The van der Waals surface area contributed by atoms with Crippen LogP contribution in [0.5, 0.6) is 0 Å². The monoisotopic (exact) mass is 325 g/mol. The largest absolute Gasteiger partial charge is 0.341 e. The molecular weight excluding hydrogens is 302 g/mol. The van der Waals surface area contributed by atoms with Crippen LogP contribution < -0.4 is 5.56 Å². The second-order valence-electron chi connectivity index (χ2n) is 6.55. The summed E-state index contributed by atoms with van der Waals surface area (Å²) in [5, 5.41) is 4.44. The van der Waals surface area contributed by atoms with Gasteiger partial charge in [-0.2, -0.15) is 5.10 Å². The van der Waals surface area contributed by atoms with E-state index in [1.54, 1.807) is 6.07 Å². The molecule has 2 heterocycles. The van der Waals surface area contributed by atoms with Gasteiger partial charge in [0.15, 0.2) is 0 Å². The fourth-order valence-electron chi connectivity index (χ4n) is 3.14. The average Bonchev–Trinajstić information content (AvgIpc) is 3.08. The van der Waals surface area contributed by atoms with Gasteiger partial charge < -0.3 is 4.90 Å². The number of likely N-dealkylation sites (tertiary alicyclic amines) is 1. The third-order valence-corrected chi connectivity index (χ3v) is 4.73. The van der Waals surface area contributed by atoms with Crippen LogP contribution in [0.1, 0.15) is 29.5 Å². The van der Waals surface area contributed by atoms with E-state index in [0.717, 1.165) is 42.8 Å². The van der Waals surface area contributed by atoms with Crippen LogP contribution in [-0.4, -0.2) is 33.7 Å². The van der Waals surface area contributed by atoms with E-state index in [-0.39, 0.29) is 18.0 Å². The Kier molecular flexibility index (Phi) is 4.51. The molecule has 1 aromatic carbocycles. The first-order valence-electron chi connectivity index (χ1n) is 8.40. The zero-order chi connectivity index (χ0) is 17.3. The quantitative estimate of drug-likeness (QED) is 0.871. The van der Waals surface area contributed by atoms with E-state index in [1.165, 1.54) is 21.9 Å². The van der Waals surface area contributed by atoms with Crippen LogP contribution >= 0.6 is 0 Å². The fraction of sp³-hybridized carbons (Fsp3) is 0.421. The van der Waals surface area contributed by atoms with Crippen LogP contribution in [0.4, 0.5) is 0 Å². The first-order chi connectivity index (χ1) is 11.5. The smallest absolute Gasteiger partial charge is 0.267 e. The van der Waals surface area contributed by atoms with Gasteiger partial charge in [0.05, 0.1) is 5.69 Å². The zero-order valence-corrected chi connectivity index (χ0v) is 14.5. The van der Waals surface area contributed by atoms with Gasteiger partial charge in [0, 0.05) is 24.7 Å². The van der Waals surface area contributed by atoms with Crippen molar-refractivity contribution in [1.82, 2.24) is 14.7 Å². The molecule has 5 heteroatoms. The van der Waals surface area contributed by atoms with Gasteiger partial charge >= 0.3 is 0 Å². The number of benzene rings is 1. The minimum Gasteiger partial charge on any atom is -0.341 e. The molecule has 0 spiro atoms. The predicted molar refractivity (Wildman–Crippen MR) is 94.0 cm³/mol. The summed E-state index contributed by atoms with van der Waals surface area (Å²) >= 11 is 0. The Morgan fingerprint density at radius 1 is 1.04 bits per heavy atom. The molecule has 0 aliphatic carbocycles. The summed E-state index contributed by atoms with van der Waals surface area (Å²) in [5.41, 5.74) is 5.01. The third kappa shape index (κ3) is 3.25. The highest BCUT2D eigenvalue weighted by molar-refractivity contribution is 5.76. The summed E-state index contributed by atoms with van der Waals surface area (Å²) in [6, 6.07) is 7.44. The molecule has 1 amide bonds. The Hall–Kier alpha value is -2.43. The number of hydrogen-bond donors (Lipinski definition) is 0. The van der Waals surface area contributed by atoms with Gasteiger partial charge in [-0.05, 0) is 62.4 Å². The van der Waals surface area contributed by atoms with Crippen LogP contribution in [0.25, 0.3) is 11.3 Å². The Balaban J connectivity index is 1.93. The van der Waals surface area contributed by atoms with Crippen molar-refractivity contribution in [1.29, 1.82) is 0 Å². The molecule has 0 unspecified atom stereocenters. The van der Waals surface area contributed by atoms with Gasteiger partial charge in [0.1, 0.15) is 6.54 Å². The van der Waals surface area contributed by atoms with Crippen molar-refractivity contribution in [2.24, 2.45) is 0 Å². The van der Waals surface area contributed by atoms with Crippen molar-refractivity contribution in [2.45, 2.75) is 40.2 Å². The van der Waals surface area contributed by atoms with Crippen molar-refractivity contribution in [3.63, 3.8) is 0 Å². The Morgan fingerprint density at radius 2 is 1.71 bits per heavy atom. The van der Waals surface area contributed by atoms with Crippen LogP contribution in [0.2, 0.25) is 0 Å². The number of aryl methyl sites for hydroxylation is 3. The molecule has 0 radical (unpaired) electrons. The molecule has 1 saturated heterocycles. The van der Waals surface area contributed by atoms with Gasteiger partial charge in [-0.15, -0.1) is 0 Å². The maximum atomic E-state index is 12.3. The number of hydrogen-bond acceptors (Lipinski definition) is 3. The first-order valence-corrected chi connectivity index (χ1v) is 8.40. The molecule has 24 heavy (non-hydrogen) atoms. The highest BCUT2D eigenvalue weighted by atomic mass is 16.2. The average molecular weight is 325 g/mol. The van der Waals surface area contributed by atoms with Crippen LogP contribution in [0.15, 0.2) is 29.1 Å². The molecule has 1 aromatic heterocycles. The maximum absolute atomic E-state index is 12.3. The lowest BCUT2D eigenvalue weighted by molar-refractivity contribution is -0.131. The Labute approximate surface area is 141 Å². The lowest BCUT2D eigenvalue weighted by atomic mass is 9.99. The molecule has 2 aromatic rings. The molecule has 0 saturated carbocycles. The number of carbonyl (C=O) groups excluding carboxylic acids is 1. The molecule has 1 aliphatic rings. The van der Waals surface area contributed by atoms with Crippen LogP contribution in [-0.2, 0) is 11.3 Å². The van der Waals surface area contributed by atoms with Gasteiger partial charge in [0.25, 0.3) is 5.56 Å². The molecule has 1 aliphatic heterocycles. The molecular formula is C19H23N3O2. The van der Waals surface area contributed by atoms with Crippen molar-refractivity contribution >= 4 is 5.91 Å². The second-order valence-corrected chi connectivity index (χ2v) is 6.55. The van der Waals surface area contributed by atoms with Gasteiger partial charge in [0.2, 0.25) is 5.91 Å². The number of amides is 1. The fourth-order valence-corrected chi connectivity index (χ4v) is 3.14. The lowest BCUT2D eigenvalue weighted by Crippen LogP contribution is -2.35. The normalized spacial score (nSPS) is 14.2. The van der Waals surface area contributed by atoms with Gasteiger partial charge in [-0.3, -0.25) is 9.59 Å². The molecule has 126 valence electrons. The molecule has 0 atom stereocenters. The van der Waals surface area contributed by atoms with E-state index in [9.17, 15) is 9.59 Å². The van der Waals surface area contributed by atoms with Crippen molar-refractivity contribution in [2.75, 3.05) is 13.1 Å². The number of carbonyl (C=O) groups is 1. The zero-order valence-electron chi connectivity index (χ0n) is 14.5. The summed E-state index contributed by atoms with van der Waals surface area (Å²) in [6.45, 7) is 7.75. The lowest BCUT2D eigenvalue weighted by Gasteiger charge is -2.16. The molecule has 3 rings (SSSR count). The summed E-state index contributed by atoms with van der Waals surface area (Å²) in [4.78, 5) is 26.2. The SMILES string of the molecule is Cc1cc(C)c(-c2ccc(=O)n(CC(=O)N3CCCC3)n2)cc1C. The van der Waals surface area contributed by atoms with Crippen LogP contribution in [0.3, 0.4) is 0 Å². The standard InChI is InChI=1S/C19H23N3O2/c1-13-10-15(3)16(11-14(13)2)17-6-7-18(23)22(20-17)12-19(24)21-8-4-5-9-21/h6-7,10-11H,4-5,8-9,12H2,1-3H3. The van der Waals surface area contributed by atoms with Crippen molar-refractivity contribution in [3.8, 4) is 11.3 Å². The summed E-state index contributed by atoms with van der Waals surface area (Å²) in [6.07, 6.45) is 2.08. The maximum Gasteiger partial charge on any atom is 0.267 e. The molecule has 1 fully saturated rings. The van der Waals surface area contributed by atoms with Crippen LogP contribution in [0, 0.1) is 20.8 Å². The summed E-state index contributed by atoms with van der Waals surface area (Å²) in [5.74, 6) is -0.0314. The highest BCUT2D eigenvalue weighted by Gasteiger charge is 2.19. The van der Waals surface area contributed by atoms with E-state index < -0.39 is 0 Å². The van der Waals surface area contributed by atoms with Gasteiger partial charge in [-0.1, -0.05) is 6.07 Å². The van der Waals surface area contributed by atoms with E-state index in [1.807, 2.05) is 11.8 Å². The van der Waals surface area contributed by atoms with E-state index in [4.69, 9.17) is 0 Å². The van der Waals surface area contributed by atoms with E-state index in [0.29, 0.717) is 0 Å². The summed E-state index contributed by atoms with van der Waals surface area (Å²) in [7, 11) is 0. The number of nitrogens with zero attached hydrogens (tertiary/aromatic N) is 3. The van der Waals surface area contributed by atoms with E-state index >= 15 is 0 Å².